The fourth-order valence-electron chi connectivity index (χ4n) is 2.84. The SMILES string of the molecule is O=C(Cc1ccc(-c2ccnc(F)c2)cc1)Nc1ccc(-c2cnccn2)cn1. The van der Waals surface area contributed by atoms with Crippen molar-refractivity contribution < 1.29 is 9.18 Å². The highest BCUT2D eigenvalue weighted by atomic mass is 19.1. The Labute approximate surface area is 166 Å². The van der Waals surface area contributed by atoms with Crippen molar-refractivity contribution in [1.29, 1.82) is 0 Å². The molecule has 0 unspecified atom stereocenters. The van der Waals surface area contributed by atoms with E-state index < -0.39 is 5.95 Å². The highest BCUT2D eigenvalue weighted by Crippen LogP contribution is 2.20. The van der Waals surface area contributed by atoms with Crippen LogP contribution in [-0.4, -0.2) is 25.8 Å². The van der Waals surface area contributed by atoms with Gasteiger partial charge in [-0.3, -0.25) is 14.8 Å². The van der Waals surface area contributed by atoms with Crippen LogP contribution in [0.2, 0.25) is 0 Å². The van der Waals surface area contributed by atoms with E-state index in [1.54, 1.807) is 36.9 Å². The van der Waals surface area contributed by atoms with Crippen molar-refractivity contribution in [2.75, 3.05) is 5.32 Å². The normalized spacial score (nSPS) is 10.5. The predicted octanol–water partition coefficient (Wildman–Crippen LogP) is 3.92. The van der Waals surface area contributed by atoms with Gasteiger partial charge in [0.1, 0.15) is 5.82 Å². The van der Waals surface area contributed by atoms with Gasteiger partial charge < -0.3 is 5.32 Å². The summed E-state index contributed by atoms with van der Waals surface area (Å²) >= 11 is 0. The molecule has 0 aliphatic heterocycles. The molecule has 0 aliphatic carbocycles. The molecule has 0 bridgehead atoms. The standard InChI is InChI=1S/C22H16FN5O/c23-20-12-17(7-8-26-20)16-3-1-15(2-4-16)11-22(29)28-21-6-5-18(13-27-21)19-14-24-9-10-25-19/h1-10,12-14H,11H2,(H,27,28,29). The lowest BCUT2D eigenvalue weighted by Gasteiger charge is -2.07. The Morgan fingerprint density at radius 1 is 0.828 bits per heavy atom. The van der Waals surface area contributed by atoms with Crippen LogP contribution in [0.5, 0.6) is 0 Å². The van der Waals surface area contributed by atoms with Gasteiger partial charge in [-0.25, -0.2) is 9.97 Å². The second-order valence-electron chi connectivity index (χ2n) is 6.31. The molecule has 0 spiro atoms. The molecule has 142 valence electrons. The minimum Gasteiger partial charge on any atom is -0.310 e. The van der Waals surface area contributed by atoms with E-state index in [1.807, 2.05) is 30.3 Å². The summed E-state index contributed by atoms with van der Waals surface area (Å²) in [5.74, 6) is -0.234. The number of carbonyl (C=O) groups is 1. The van der Waals surface area contributed by atoms with Gasteiger partial charge in [0, 0.05) is 36.4 Å². The summed E-state index contributed by atoms with van der Waals surface area (Å²) < 4.78 is 13.3. The van der Waals surface area contributed by atoms with Gasteiger partial charge in [-0.05, 0) is 34.9 Å². The number of nitrogens with one attached hydrogen (secondary N) is 1. The Hall–Kier alpha value is -4.00. The maximum Gasteiger partial charge on any atom is 0.229 e. The van der Waals surface area contributed by atoms with Crippen molar-refractivity contribution in [3.8, 4) is 22.4 Å². The number of anilines is 1. The molecule has 1 N–H and O–H groups in total. The molecular formula is C22H16FN5O. The number of aromatic nitrogens is 4. The van der Waals surface area contributed by atoms with E-state index >= 15 is 0 Å². The number of hydrogen-bond acceptors (Lipinski definition) is 5. The average Bonchev–Trinajstić information content (AvgIpc) is 2.75. The van der Waals surface area contributed by atoms with Crippen LogP contribution >= 0.6 is 0 Å². The zero-order valence-electron chi connectivity index (χ0n) is 15.3. The van der Waals surface area contributed by atoms with Gasteiger partial charge in [-0.15, -0.1) is 0 Å². The average molecular weight is 385 g/mol. The summed E-state index contributed by atoms with van der Waals surface area (Å²) in [5.41, 5.74) is 3.97. The fraction of sp³-hybridized carbons (Fsp3) is 0.0455. The molecule has 29 heavy (non-hydrogen) atoms. The Kier molecular flexibility index (Phi) is 5.29. The second-order valence-corrected chi connectivity index (χ2v) is 6.31. The van der Waals surface area contributed by atoms with E-state index in [1.165, 1.54) is 12.3 Å². The second kappa shape index (κ2) is 8.35. The molecule has 4 aromatic rings. The smallest absolute Gasteiger partial charge is 0.229 e. The number of pyridine rings is 2. The zero-order chi connectivity index (χ0) is 20.1. The maximum atomic E-state index is 13.3. The first-order chi connectivity index (χ1) is 14.2. The molecule has 0 atom stereocenters. The largest absolute Gasteiger partial charge is 0.310 e. The first kappa shape index (κ1) is 18.4. The van der Waals surface area contributed by atoms with Crippen LogP contribution < -0.4 is 5.32 Å². The maximum absolute atomic E-state index is 13.3. The molecule has 0 saturated heterocycles. The van der Waals surface area contributed by atoms with Crippen LogP contribution in [-0.2, 0) is 11.2 Å². The predicted molar refractivity (Wildman–Crippen MR) is 107 cm³/mol. The van der Waals surface area contributed by atoms with Crippen LogP contribution in [0.3, 0.4) is 0 Å². The van der Waals surface area contributed by atoms with Crippen LogP contribution in [0.25, 0.3) is 22.4 Å². The van der Waals surface area contributed by atoms with Crippen LogP contribution in [0.1, 0.15) is 5.56 Å². The molecule has 4 rings (SSSR count). The topological polar surface area (TPSA) is 80.7 Å². The highest BCUT2D eigenvalue weighted by molar-refractivity contribution is 5.91. The number of hydrogen-bond donors (Lipinski definition) is 1. The quantitative estimate of drug-likeness (QED) is 0.527. The Balaban J connectivity index is 1.38. The Morgan fingerprint density at radius 3 is 2.34 bits per heavy atom. The molecule has 1 aromatic carbocycles. The number of carbonyl (C=O) groups excluding carboxylic acids is 1. The minimum atomic E-state index is -0.524. The molecule has 3 aromatic heterocycles. The summed E-state index contributed by atoms with van der Waals surface area (Å²) in [6, 6.07) is 14.1. The Bertz CT molecular complexity index is 1120. The minimum absolute atomic E-state index is 0.174. The number of amides is 1. The molecule has 3 heterocycles. The van der Waals surface area contributed by atoms with Gasteiger partial charge in [0.25, 0.3) is 0 Å². The van der Waals surface area contributed by atoms with E-state index in [4.69, 9.17) is 0 Å². The molecule has 7 heteroatoms. The fourth-order valence-corrected chi connectivity index (χ4v) is 2.84. The lowest BCUT2D eigenvalue weighted by atomic mass is 10.0. The number of nitrogens with zero attached hydrogens (tertiary/aromatic N) is 4. The first-order valence-electron chi connectivity index (χ1n) is 8.90. The molecule has 0 saturated carbocycles. The van der Waals surface area contributed by atoms with Gasteiger partial charge in [-0.2, -0.15) is 4.39 Å². The van der Waals surface area contributed by atoms with Crippen molar-refractivity contribution in [2.24, 2.45) is 0 Å². The summed E-state index contributed by atoms with van der Waals surface area (Å²) in [4.78, 5) is 28.4. The molecule has 1 amide bonds. The van der Waals surface area contributed by atoms with Crippen molar-refractivity contribution in [1.82, 2.24) is 19.9 Å². The molecule has 6 nitrogen and oxygen atoms in total. The third kappa shape index (κ3) is 4.65. The lowest BCUT2D eigenvalue weighted by molar-refractivity contribution is -0.115. The summed E-state index contributed by atoms with van der Waals surface area (Å²) in [6.07, 6.45) is 8.14. The van der Waals surface area contributed by atoms with Crippen molar-refractivity contribution in [3.63, 3.8) is 0 Å². The van der Waals surface area contributed by atoms with Gasteiger partial charge in [-0.1, -0.05) is 24.3 Å². The zero-order valence-corrected chi connectivity index (χ0v) is 15.3. The van der Waals surface area contributed by atoms with Crippen molar-refractivity contribution in [3.05, 3.63) is 91.0 Å². The van der Waals surface area contributed by atoms with Crippen LogP contribution in [0, 0.1) is 5.95 Å². The third-order valence-electron chi connectivity index (χ3n) is 4.27. The van der Waals surface area contributed by atoms with E-state index in [0.29, 0.717) is 11.5 Å². The molecule has 0 fully saturated rings. The van der Waals surface area contributed by atoms with Gasteiger partial charge in [0.15, 0.2) is 0 Å². The summed E-state index contributed by atoms with van der Waals surface area (Å²) in [5, 5.41) is 2.78. The number of rotatable bonds is 5. The van der Waals surface area contributed by atoms with E-state index in [-0.39, 0.29) is 12.3 Å². The van der Waals surface area contributed by atoms with Gasteiger partial charge in [0.05, 0.1) is 18.3 Å². The number of benzene rings is 1. The molecule has 0 radical (unpaired) electrons. The van der Waals surface area contributed by atoms with Crippen LogP contribution in [0.15, 0.2) is 79.5 Å². The van der Waals surface area contributed by atoms with Crippen LogP contribution in [0.4, 0.5) is 10.2 Å². The number of halogens is 1. The summed E-state index contributed by atoms with van der Waals surface area (Å²) in [7, 11) is 0. The van der Waals surface area contributed by atoms with Gasteiger partial charge in [0.2, 0.25) is 11.9 Å². The molecule has 0 aliphatic rings. The van der Waals surface area contributed by atoms with Gasteiger partial charge >= 0.3 is 0 Å². The first-order valence-corrected chi connectivity index (χ1v) is 8.90. The monoisotopic (exact) mass is 385 g/mol. The van der Waals surface area contributed by atoms with E-state index in [0.717, 1.165) is 22.3 Å². The third-order valence-corrected chi connectivity index (χ3v) is 4.27. The lowest BCUT2D eigenvalue weighted by Crippen LogP contribution is -2.15. The highest BCUT2D eigenvalue weighted by Gasteiger charge is 2.07. The Morgan fingerprint density at radius 2 is 1.66 bits per heavy atom. The van der Waals surface area contributed by atoms with E-state index in [2.05, 4.69) is 25.3 Å². The molecular weight excluding hydrogens is 369 g/mol. The van der Waals surface area contributed by atoms with Crippen molar-refractivity contribution in [2.45, 2.75) is 6.42 Å². The van der Waals surface area contributed by atoms with Crippen molar-refractivity contribution >= 4 is 11.7 Å². The van der Waals surface area contributed by atoms with E-state index in [9.17, 15) is 9.18 Å². The summed E-state index contributed by atoms with van der Waals surface area (Å²) in [6.45, 7) is 0.